The first-order chi connectivity index (χ1) is 8.60. The molecule has 0 radical (unpaired) electrons. The monoisotopic (exact) mass is 302 g/mol. The van der Waals surface area contributed by atoms with Crippen molar-refractivity contribution in [2.45, 2.75) is 13.8 Å². The van der Waals surface area contributed by atoms with Crippen molar-refractivity contribution in [1.29, 1.82) is 5.26 Å². The molecule has 18 heavy (non-hydrogen) atoms. The van der Waals surface area contributed by atoms with Crippen molar-refractivity contribution < 1.29 is 4.74 Å². The second-order valence-electron chi connectivity index (χ2n) is 3.95. The third kappa shape index (κ3) is 2.69. The van der Waals surface area contributed by atoms with Crippen LogP contribution in [0.4, 0.5) is 0 Å². The van der Waals surface area contributed by atoms with Gasteiger partial charge in [0, 0.05) is 6.07 Å². The molecule has 2 aromatic rings. The van der Waals surface area contributed by atoms with E-state index in [1.165, 1.54) is 0 Å². The average Bonchev–Trinajstić information content (AvgIpc) is 2.33. The molecule has 90 valence electrons. The molecule has 0 spiro atoms. The van der Waals surface area contributed by atoms with Gasteiger partial charge in [0.05, 0.1) is 11.6 Å². The van der Waals surface area contributed by atoms with E-state index in [2.05, 4.69) is 27.0 Å². The number of benzene rings is 1. The standard InChI is InChI=1S/C14H11BrN2O/c1-9-6-11(8-16)7-10(2)14(9)18-13-5-3-4-12(15)17-13/h3-7H,1-2H3. The highest BCUT2D eigenvalue weighted by atomic mass is 79.9. The average molecular weight is 303 g/mol. The van der Waals surface area contributed by atoms with Crippen LogP contribution in [0.3, 0.4) is 0 Å². The summed E-state index contributed by atoms with van der Waals surface area (Å²) in [5, 5.41) is 8.89. The number of nitriles is 1. The van der Waals surface area contributed by atoms with Crippen molar-refractivity contribution in [2.24, 2.45) is 0 Å². The first-order valence-electron chi connectivity index (χ1n) is 5.42. The van der Waals surface area contributed by atoms with Crippen LogP contribution >= 0.6 is 15.9 Å². The van der Waals surface area contributed by atoms with Crippen molar-refractivity contribution in [3.05, 3.63) is 51.6 Å². The second kappa shape index (κ2) is 5.19. The molecule has 0 amide bonds. The van der Waals surface area contributed by atoms with Crippen LogP contribution in [0.1, 0.15) is 16.7 Å². The first kappa shape index (κ1) is 12.6. The van der Waals surface area contributed by atoms with E-state index in [-0.39, 0.29) is 0 Å². The Kier molecular flexibility index (Phi) is 3.63. The van der Waals surface area contributed by atoms with Gasteiger partial charge in [-0.1, -0.05) is 6.07 Å². The van der Waals surface area contributed by atoms with Crippen molar-refractivity contribution >= 4 is 15.9 Å². The molecule has 0 aliphatic carbocycles. The largest absolute Gasteiger partial charge is 0.438 e. The highest BCUT2D eigenvalue weighted by molar-refractivity contribution is 9.10. The number of hydrogen-bond donors (Lipinski definition) is 0. The second-order valence-corrected chi connectivity index (χ2v) is 4.76. The van der Waals surface area contributed by atoms with Gasteiger partial charge < -0.3 is 4.74 Å². The Morgan fingerprint density at radius 1 is 1.22 bits per heavy atom. The van der Waals surface area contributed by atoms with Gasteiger partial charge in [-0.2, -0.15) is 5.26 Å². The summed E-state index contributed by atoms with van der Waals surface area (Å²) in [5.74, 6) is 1.28. The number of halogens is 1. The topological polar surface area (TPSA) is 45.9 Å². The minimum absolute atomic E-state index is 0.528. The summed E-state index contributed by atoms with van der Waals surface area (Å²) < 4.78 is 6.50. The van der Waals surface area contributed by atoms with Crippen LogP contribution in [-0.4, -0.2) is 4.98 Å². The molecule has 0 saturated heterocycles. The molecule has 0 atom stereocenters. The number of nitrogens with zero attached hydrogens (tertiary/aromatic N) is 2. The quantitative estimate of drug-likeness (QED) is 0.784. The van der Waals surface area contributed by atoms with Crippen molar-refractivity contribution in [3.8, 4) is 17.7 Å². The van der Waals surface area contributed by atoms with Crippen LogP contribution in [-0.2, 0) is 0 Å². The molecule has 1 aromatic heterocycles. The van der Waals surface area contributed by atoms with Gasteiger partial charge in [-0.25, -0.2) is 4.98 Å². The Morgan fingerprint density at radius 3 is 2.44 bits per heavy atom. The zero-order valence-corrected chi connectivity index (χ0v) is 11.7. The maximum absolute atomic E-state index is 8.89. The van der Waals surface area contributed by atoms with Crippen LogP contribution in [0, 0.1) is 25.2 Å². The molecule has 3 nitrogen and oxygen atoms in total. The number of hydrogen-bond acceptors (Lipinski definition) is 3. The van der Waals surface area contributed by atoms with Crippen LogP contribution in [0.2, 0.25) is 0 Å². The number of ether oxygens (including phenoxy) is 1. The summed E-state index contributed by atoms with van der Waals surface area (Å²) in [6.07, 6.45) is 0. The van der Waals surface area contributed by atoms with E-state index in [4.69, 9.17) is 10.00 Å². The lowest BCUT2D eigenvalue weighted by molar-refractivity contribution is 0.455. The van der Waals surface area contributed by atoms with Gasteiger partial charge in [0.2, 0.25) is 5.88 Å². The number of aryl methyl sites for hydroxylation is 2. The van der Waals surface area contributed by atoms with E-state index in [0.29, 0.717) is 11.4 Å². The molecule has 0 saturated carbocycles. The lowest BCUT2D eigenvalue weighted by Gasteiger charge is -2.11. The molecule has 1 aromatic carbocycles. The molecule has 1 heterocycles. The summed E-state index contributed by atoms with van der Waals surface area (Å²) in [7, 11) is 0. The minimum atomic E-state index is 0.528. The maximum atomic E-state index is 8.89. The number of pyridine rings is 1. The Hall–Kier alpha value is -1.86. The molecule has 0 aliphatic rings. The van der Waals surface area contributed by atoms with Gasteiger partial charge in [0.15, 0.2) is 0 Å². The Bertz CT molecular complexity index is 609. The smallest absolute Gasteiger partial charge is 0.220 e. The summed E-state index contributed by atoms with van der Waals surface area (Å²) in [5.41, 5.74) is 2.49. The molecule has 0 N–H and O–H groups in total. The molecule has 0 fully saturated rings. The normalized spacial score (nSPS) is 9.89. The SMILES string of the molecule is Cc1cc(C#N)cc(C)c1Oc1cccc(Br)n1. The third-order valence-electron chi connectivity index (χ3n) is 2.49. The van der Waals surface area contributed by atoms with E-state index >= 15 is 0 Å². The fourth-order valence-electron chi connectivity index (χ4n) is 1.73. The maximum Gasteiger partial charge on any atom is 0.220 e. The minimum Gasteiger partial charge on any atom is -0.438 e. The molecule has 4 heteroatoms. The Morgan fingerprint density at radius 2 is 1.89 bits per heavy atom. The molecule has 0 aliphatic heterocycles. The Labute approximate surface area is 114 Å². The van der Waals surface area contributed by atoms with Gasteiger partial charge >= 0.3 is 0 Å². The van der Waals surface area contributed by atoms with Gasteiger partial charge in [-0.15, -0.1) is 0 Å². The Balaban J connectivity index is 2.38. The van der Waals surface area contributed by atoms with Crippen molar-refractivity contribution in [3.63, 3.8) is 0 Å². The van der Waals surface area contributed by atoms with E-state index in [1.807, 2.05) is 26.0 Å². The highest BCUT2D eigenvalue weighted by Gasteiger charge is 2.08. The van der Waals surface area contributed by atoms with E-state index in [0.717, 1.165) is 21.5 Å². The predicted octanol–water partition coefficient (Wildman–Crippen LogP) is 4.12. The van der Waals surface area contributed by atoms with Gasteiger partial charge in [0.1, 0.15) is 10.4 Å². The van der Waals surface area contributed by atoms with Crippen molar-refractivity contribution in [1.82, 2.24) is 4.98 Å². The predicted molar refractivity (Wildman–Crippen MR) is 72.6 cm³/mol. The zero-order valence-electron chi connectivity index (χ0n) is 10.1. The third-order valence-corrected chi connectivity index (χ3v) is 2.93. The molecular formula is C14H11BrN2O. The first-order valence-corrected chi connectivity index (χ1v) is 6.21. The lowest BCUT2D eigenvalue weighted by atomic mass is 10.1. The lowest BCUT2D eigenvalue weighted by Crippen LogP contribution is -1.94. The van der Waals surface area contributed by atoms with Crippen molar-refractivity contribution in [2.75, 3.05) is 0 Å². The molecule has 0 bridgehead atoms. The zero-order chi connectivity index (χ0) is 13.1. The van der Waals surface area contributed by atoms with Crippen LogP contribution in [0.5, 0.6) is 11.6 Å². The van der Waals surface area contributed by atoms with Crippen LogP contribution in [0.15, 0.2) is 34.9 Å². The number of aromatic nitrogens is 1. The highest BCUT2D eigenvalue weighted by Crippen LogP contribution is 2.29. The molecular weight excluding hydrogens is 292 g/mol. The summed E-state index contributed by atoms with van der Waals surface area (Å²) in [4.78, 5) is 4.22. The fraction of sp³-hybridized carbons (Fsp3) is 0.143. The summed E-state index contributed by atoms with van der Waals surface area (Å²) in [6.45, 7) is 3.84. The molecule has 2 rings (SSSR count). The van der Waals surface area contributed by atoms with Crippen LogP contribution in [0.25, 0.3) is 0 Å². The van der Waals surface area contributed by atoms with Gasteiger partial charge in [-0.3, -0.25) is 0 Å². The summed E-state index contributed by atoms with van der Waals surface area (Å²) >= 11 is 3.30. The summed E-state index contributed by atoms with van der Waals surface area (Å²) in [6, 6.07) is 11.2. The van der Waals surface area contributed by atoms with E-state index in [9.17, 15) is 0 Å². The fourth-order valence-corrected chi connectivity index (χ4v) is 2.05. The van der Waals surface area contributed by atoms with Gasteiger partial charge in [-0.05, 0) is 59.1 Å². The van der Waals surface area contributed by atoms with E-state index < -0.39 is 0 Å². The van der Waals surface area contributed by atoms with E-state index in [1.54, 1.807) is 18.2 Å². The number of rotatable bonds is 2. The van der Waals surface area contributed by atoms with Crippen LogP contribution < -0.4 is 4.74 Å². The van der Waals surface area contributed by atoms with Gasteiger partial charge in [0.25, 0.3) is 0 Å². The molecule has 0 unspecified atom stereocenters.